The summed E-state index contributed by atoms with van der Waals surface area (Å²) in [6.07, 6.45) is 0.667. The molecule has 1 aliphatic heterocycles. The fourth-order valence-corrected chi connectivity index (χ4v) is 5.47. The fraction of sp³-hybridized carbons (Fsp3) is 0.269. The Labute approximate surface area is 202 Å². The summed E-state index contributed by atoms with van der Waals surface area (Å²) in [6, 6.07) is 9.87. The molecule has 4 aromatic rings. The highest BCUT2D eigenvalue weighted by atomic mass is 35.5. The smallest absolute Gasteiger partial charge is 0.274 e. The number of aromatic nitrogens is 3. The maximum absolute atomic E-state index is 13.8. The Bertz CT molecular complexity index is 1430. The van der Waals surface area contributed by atoms with E-state index in [4.69, 9.17) is 16.6 Å². The normalized spacial score (nSPS) is 16.2. The third kappa shape index (κ3) is 3.77. The quantitative estimate of drug-likeness (QED) is 0.334. The number of hydrogen-bond donors (Lipinski definition) is 1. The van der Waals surface area contributed by atoms with Crippen LogP contribution in [0, 0.1) is 27.7 Å². The molecule has 0 bridgehead atoms. The molecule has 0 spiro atoms. The molecule has 3 heterocycles. The van der Waals surface area contributed by atoms with Crippen molar-refractivity contribution in [2.24, 2.45) is 0 Å². The lowest BCUT2D eigenvalue weighted by Gasteiger charge is -2.22. The molecule has 0 radical (unpaired) electrons. The summed E-state index contributed by atoms with van der Waals surface area (Å²) in [5.74, 6) is 0.661. The van der Waals surface area contributed by atoms with Crippen molar-refractivity contribution >= 4 is 39.9 Å². The lowest BCUT2D eigenvalue weighted by molar-refractivity contribution is 0.0728. The first-order chi connectivity index (χ1) is 15.7. The number of imidazole rings is 1. The number of carbonyl (C=O) groups is 1. The fourth-order valence-electron chi connectivity index (χ4n) is 4.41. The van der Waals surface area contributed by atoms with Crippen LogP contribution in [0.4, 0.5) is 0 Å². The van der Waals surface area contributed by atoms with Crippen molar-refractivity contribution in [3.05, 3.63) is 80.7 Å². The minimum atomic E-state index is -0.217. The van der Waals surface area contributed by atoms with E-state index < -0.39 is 0 Å². The van der Waals surface area contributed by atoms with E-state index in [0.717, 1.165) is 43.4 Å². The molecule has 168 valence electrons. The number of rotatable bonds is 3. The van der Waals surface area contributed by atoms with Crippen LogP contribution >= 0.6 is 22.9 Å². The van der Waals surface area contributed by atoms with Gasteiger partial charge in [0, 0.05) is 11.6 Å². The van der Waals surface area contributed by atoms with E-state index in [9.17, 15) is 4.79 Å². The topological polar surface area (TPSA) is 61.9 Å². The second-order valence-corrected chi connectivity index (χ2v) is 10.4. The van der Waals surface area contributed by atoms with Crippen LogP contribution in [0.2, 0.25) is 5.02 Å². The number of halogens is 1. The van der Waals surface area contributed by atoms with Gasteiger partial charge in [0.2, 0.25) is 0 Å². The Morgan fingerprint density at radius 2 is 1.94 bits per heavy atom. The minimum Gasteiger partial charge on any atom is -0.340 e. The number of amides is 1. The molecule has 7 heteroatoms. The van der Waals surface area contributed by atoms with Gasteiger partial charge in [0.1, 0.15) is 11.5 Å². The maximum atomic E-state index is 13.8. The molecule has 1 atom stereocenters. The number of aromatic amines is 1. The molecule has 5 rings (SSSR count). The van der Waals surface area contributed by atoms with Crippen molar-refractivity contribution < 1.29 is 4.79 Å². The Kier molecular flexibility index (Phi) is 5.38. The number of H-pyrrole nitrogens is 1. The van der Waals surface area contributed by atoms with Gasteiger partial charge >= 0.3 is 0 Å². The van der Waals surface area contributed by atoms with Crippen LogP contribution in [0.25, 0.3) is 21.5 Å². The first-order valence-corrected chi connectivity index (χ1v) is 12.1. The van der Waals surface area contributed by atoms with Gasteiger partial charge in [-0.25, -0.2) is 9.97 Å². The Hall–Kier alpha value is -2.96. The number of thiazole rings is 1. The summed E-state index contributed by atoms with van der Waals surface area (Å²) < 4.78 is 0. The van der Waals surface area contributed by atoms with Crippen molar-refractivity contribution in [3.63, 3.8) is 0 Å². The largest absolute Gasteiger partial charge is 0.340 e. The van der Waals surface area contributed by atoms with Crippen molar-refractivity contribution in [3.8, 4) is 10.4 Å². The molecular weight excluding hydrogens is 452 g/mol. The zero-order valence-electron chi connectivity index (χ0n) is 19.1. The number of nitrogens with zero attached hydrogens (tertiary/aromatic N) is 3. The molecule has 1 aliphatic rings. The van der Waals surface area contributed by atoms with Crippen molar-refractivity contribution in [2.45, 2.75) is 40.2 Å². The number of fused-ring (bicyclic) bond motifs is 1. The summed E-state index contributed by atoms with van der Waals surface area (Å²) >= 11 is 7.85. The summed E-state index contributed by atoms with van der Waals surface area (Å²) in [5, 5.41) is 1.55. The SMILES string of the molecule is C=C1CC(c2nc3c(C)c(Cl)ccc3[nH]2)N(C(=O)c2nc(C)sc2-c2ccc(C)c(C)c2)C1. The lowest BCUT2D eigenvalue weighted by atomic mass is 10.0. The average molecular weight is 477 g/mol. The average Bonchev–Trinajstić information content (AvgIpc) is 3.48. The van der Waals surface area contributed by atoms with Crippen LogP contribution in [-0.4, -0.2) is 32.3 Å². The highest BCUT2D eigenvalue weighted by molar-refractivity contribution is 7.15. The molecule has 2 aromatic heterocycles. The molecule has 0 aliphatic carbocycles. The highest BCUT2D eigenvalue weighted by Gasteiger charge is 2.37. The third-order valence-electron chi connectivity index (χ3n) is 6.39. The first kappa shape index (κ1) is 21.9. The number of aryl methyl sites for hydroxylation is 4. The number of likely N-dealkylation sites (tertiary alicyclic amines) is 1. The highest BCUT2D eigenvalue weighted by Crippen LogP contribution is 2.38. The van der Waals surface area contributed by atoms with Gasteiger partial charge in [0.25, 0.3) is 5.91 Å². The predicted molar refractivity (Wildman–Crippen MR) is 135 cm³/mol. The van der Waals surface area contributed by atoms with E-state index in [1.807, 2.05) is 30.9 Å². The van der Waals surface area contributed by atoms with Gasteiger partial charge in [-0.3, -0.25) is 4.79 Å². The number of hydrogen-bond acceptors (Lipinski definition) is 4. The Morgan fingerprint density at radius 3 is 2.70 bits per heavy atom. The van der Waals surface area contributed by atoms with E-state index in [1.165, 1.54) is 11.1 Å². The van der Waals surface area contributed by atoms with Crippen LogP contribution in [0.1, 0.15) is 50.5 Å². The van der Waals surface area contributed by atoms with Crippen molar-refractivity contribution in [1.82, 2.24) is 19.9 Å². The second-order valence-electron chi connectivity index (χ2n) is 8.80. The van der Waals surface area contributed by atoms with Gasteiger partial charge in [0.15, 0.2) is 0 Å². The van der Waals surface area contributed by atoms with E-state index in [1.54, 1.807) is 11.3 Å². The van der Waals surface area contributed by atoms with Crippen LogP contribution < -0.4 is 0 Å². The van der Waals surface area contributed by atoms with Gasteiger partial charge in [0.05, 0.1) is 27.0 Å². The second kappa shape index (κ2) is 8.12. The molecule has 5 nitrogen and oxygen atoms in total. The number of benzene rings is 2. The molecule has 1 saturated heterocycles. The summed E-state index contributed by atoms with van der Waals surface area (Å²) in [6.45, 7) is 12.7. The summed E-state index contributed by atoms with van der Waals surface area (Å²) in [4.78, 5) is 29.5. The van der Waals surface area contributed by atoms with Gasteiger partial charge in [-0.05, 0) is 68.5 Å². The number of nitrogens with one attached hydrogen (secondary N) is 1. The van der Waals surface area contributed by atoms with E-state index in [0.29, 0.717) is 23.7 Å². The Morgan fingerprint density at radius 1 is 1.15 bits per heavy atom. The van der Waals surface area contributed by atoms with Gasteiger partial charge in [-0.2, -0.15) is 0 Å². The lowest BCUT2D eigenvalue weighted by Crippen LogP contribution is -2.31. The predicted octanol–water partition coefficient (Wildman–Crippen LogP) is 6.72. The molecule has 1 fully saturated rings. The molecule has 1 N–H and O–H groups in total. The molecule has 33 heavy (non-hydrogen) atoms. The standard InChI is InChI=1S/C26H25ClN4OS/c1-13-10-21(25-29-20-9-8-19(27)16(4)22(20)30-25)31(12-13)26(32)23-24(33-17(5)28-23)18-7-6-14(2)15(3)11-18/h6-9,11,21H,1,10,12H2,2-5H3,(H,29,30). The first-order valence-electron chi connectivity index (χ1n) is 10.9. The van der Waals surface area contributed by atoms with Crippen molar-refractivity contribution in [1.29, 1.82) is 0 Å². The molecular formula is C26H25ClN4OS. The van der Waals surface area contributed by atoms with Crippen molar-refractivity contribution in [2.75, 3.05) is 6.54 Å². The van der Waals surface area contributed by atoms with Crippen LogP contribution in [0.3, 0.4) is 0 Å². The van der Waals surface area contributed by atoms with Crippen LogP contribution in [0.5, 0.6) is 0 Å². The molecule has 1 amide bonds. The minimum absolute atomic E-state index is 0.0913. The summed E-state index contributed by atoms with van der Waals surface area (Å²) in [7, 11) is 0. The van der Waals surface area contributed by atoms with E-state index in [2.05, 4.69) is 48.6 Å². The zero-order chi connectivity index (χ0) is 23.4. The number of carbonyl (C=O) groups excluding carboxylic acids is 1. The van der Waals surface area contributed by atoms with Crippen LogP contribution in [-0.2, 0) is 0 Å². The molecule has 0 saturated carbocycles. The molecule has 1 unspecified atom stereocenters. The van der Waals surface area contributed by atoms with Gasteiger partial charge in [-0.1, -0.05) is 42.0 Å². The van der Waals surface area contributed by atoms with Gasteiger partial charge < -0.3 is 9.88 Å². The van der Waals surface area contributed by atoms with Crippen LogP contribution in [0.15, 0.2) is 42.5 Å². The third-order valence-corrected chi connectivity index (χ3v) is 7.82. The zero-order valence-corrected chi connectivity index (χ0v) is 20.7. The maximum Gasteiger partial charge on any atom is 0.274 e. The molecule has 2 aromatic carbocycles. The Balaban J connectivity index is 1.55. The van der Waals surface area contributed by atoms with E-state index >= 15 is 0 Å². The summed E-state index contributed by atoms with van der Waals surface area (Å²) in [5.41, 5.74) is 7.62. The monoisotopic (exact) mass is 476 g/mol. The van der Waals surface area contributed by atoms with E-state index in [-0.39, 0.29) is 11.9 Å². The van der Waals surface area contributed by atoms with Gasteiger partial charge in [-0.15, -0.1) is 11.3 Å².